The first-order valence-electron chi connectivity index (χ1n) is 12.0. The van der Waals surface area contributed by atoms with E-state index in [1.165, 1.54) is 31.2 Å². The second-order valence-corrected chi connectivity index (χ2v) is 9.04. The number of aryl methyl sites for hydroxylation is 1. The van der Waals surface area contributed by atoms with E-state index >= 15 is 4.39 Å². The van der Waals surface area contributed by atoms with Crippen molar-refractivity contribution in [2.24, 2.45) is 0 Å². The molecule has 0 atom stereocenters. The van der Waals surface area contributed by atoms with E-state index in [1.807, 2.05) is 0 Å². The molecule has 0 bridgehead atoms. The Balaban J connectivity index is 1.88. The van der Waals surface area contributed by atoms with Crippen LogP contribution in [0, 0.1) is 28.7 Å². The van der Waals surface area contributed by atoms with Gasteiger partial charge >= 0.3 is 11.9 Å². The summed E-state index contributed by atoms with van der Waals surface area (Å²) in [5.41, 5.74) is -5.60. The van der Waals surface area contributed by atoms with Crippen molar-refractivity contribution >= 4 is 16.7 Å². The van der Waals surface area contributed by atoms with Crippen LogP contribution in [0.4, 0.5) is 27.6 Å². The molecule has 10 nitrogen and oxygen atoms in total. The third-order valence-electron chi connectivity index (χ3n) is 6.64. The highest BCUT2D eigenvalue weighted by molar-refractivity contribution is 5.78. The summed E-state index contributed by atoms with van der Waals surface area (Å²) in [7, 11) is 1.15. The first-order chi connectivity index (χ1) is 19.8. The minimum atomic E-state index is -5.00. The molecule has 0 spiro atoms. The van der Waals surface area contributed by atoms with Gasteiger partial charge in [-0.05, 0) is 43.3 Å². The lowest BCUT2D eigenvalue weighted by molar-refractivity contribution is -0.384. The van der Waals surface area contributed by atoms with Crippen LogP contribution in [-0.4, -0.2) is 30.9 Å². The fourth-order valence-corrected chi connectivity index (χ4v) is 4.63. The van der Waals surface area contributed by atoms with E-state index in [0.717, 1.165) is 42.1 Å². The van der Waals surface area contributed by atoms with Gasteiger partial charge in [0.05, 0.1) is 41.2 Å². The van der Waals surface area contributed by atoms with Gasteiger partial charge in [-0.25, -0.2) is 22.8 Å². The first-order valence-corrected chi connectivity index (χ1v) is 12.0. The Bertz CT molecular complexity index is 1990. The number of nitro benzene ring substituents is 1. The zero-order chi connectivity index (χ0) is 30.5. The van der Waals surface area contributed by atoms with Crippen LogP contribution in [-0.2, 0) is 12.7 Å². The highest BCUT2D eigenvalue weighted by atomic mass is 19.4. The van der Waals surface area contributed by atoms with Crippen molar-refractivity contribution in [1.82, 2.24) is 18.9 Å². The zero-order valence-electron chi connectivity index (χ0n) is 21.6. The van der Waals surface area contributed by atoms with Gasteiger partial charge in [0.15, 0.2) is 17.2 Å². The van der Waals surface area contributed by atoms with E-state index in [9.17, 15) is 37.3 Å². The van der Waals surface area contributed by atoms with Gasteiger partial charge in [0.1, 0.15) is 11.2 Å². The van der Waals surface area contributed by atoms with Crippen LogP contribution < -0.4 is 16.0 Å². The standard InChI is InChI=1S/C27H18F5N5O5/c1-14-22-24(33-36(14)15-9-11-16(12-10-15)37(40)41)34(13-17-18(27(30,31)32)5-3-6-19(17)28)26(39)35(25(22)38)20-7-4-8-21(42-2)23(20)29/h3-12H,13H2,1-2H3. The van der Waals surface area contributed by atoms with E-state index in [2.05, 4.69) is 5.10 Å². The minimum Gasteiger partial charge on any atom is -0.494 e. The van der Waals surface area contributed by atoms with Gasteiger partial charge in [0, 0.05) is 17.7 Å². The molecule has 0 aliphatic carbocycles. The molecule has 0 saturated heterocycles. The molecule has 42 heavy (non-hydrogen) atoms. The lowest BCUT2D eigenvalue weighted by Crippen LogP contribution is -2.40. The van der Waals surface area contributed by atoms with E-state index < -0.39 is 63.0 Å². The first kappa shape index (κ1) is 28.2. The van der Waals surface area contributed by atoms with E-state index in [0.29, 0.717) is 15.2 Å². The predicted molar refractivity (Wildman–Crippen MR) is 139 cm³/mol. The Hall–Kier alpha value is -5.34. The highest BCUT2D eigenvalue weighted by Gasteiger charge is 2.35. The van der Waals surface area contributed by atoms with Crippen molar-refractivity contribution in [1.29, 1.82) is 0 Å². The molecule has 5 rings (SSSR count). The summed E-state index contributed by atoms with van der Waals surface area (Å²) < 4.78 is 78.8. The van der Waals surface area contributed by atoms with Crippen LogP contribution in [0.2, 0.25) is 0 Å². The maximum atomic E-state index is 15.3. The smallest absolute Gasteiger partial charge is 0.416 e. The Morgan fingerprint density at radius 3 is 2.29 bits per heavy atom. The number of non-ortho nitro benzene ring substituents is 1. The van der Waals surface area contributed by atoms with Crippen molar-refractivity contribution in [3.8, 4) is 17.1 Å². The summed E-state index contributed by atoms with van der Waals surface area (Å²) >= 11 is 0. The van der Waals surface area contributed by atoms with Gasteiger partial charge in [0.25, 0.3) is 11.2 Å². The number of hydrogen-bond acceptors (Lipinski definition) is 6. The third kappa shape index (κ3) is 4.57. The topological polar surface area (TPSA) is 114 Å². The molecule has 0 aliphatic heterocycles. The molecule has 3 aromatic carbocycles. The molecule has 15 heteroatoms. The lowest BCUT2D eigenvalue weighted by Gasteiger charge is -2.16. The van der Waals surface area contributed by atoms with Crippen LogP contribution in [0.5, 0.6) is 5.75 Å². The van der Waals surface area contributed by atoms with Crippen LogP contribution >= 0.6 is 0 Å². The summed E-state index contributed by atoms with van der Waals surface area (Å²) in [6.45, 7) is 0.378. The van der Waals surface area contributed by atoms with Crippen LogP contribution in [0.25, 0.3) is 22.4 Å². The second kappa shape index (κ2) is 10.2. The summed E-state index contributed by atoms with van der Waals surface area (Å²) in [6, 6.07) is 10.8. The van der Waals surface area contributed by atoms with E-state index in [-0.39, 0.29) is 28.2 Å². The Kier molecular flexibility index (Phi) is 6.88. The maximum Gasteiger partial charge on any atom is 0.416 e. The molecular weight excluding hydrogens is 569 g/mol. The summed E-state index contributed by atoms with van der Waals surface area (Å²) in [4.78, 5) is 38.0. The number of benzene rings is 3. The lowest BCUT2D eigenvalue weighted by atomic mass is 10.1. The molecule has 0 radical (unpaired) electrons. The highest BCUT2D eigenvalue weighted by Crippen LogP contribution is 2.34. The number of ether oxygens (including phenoxy) is 1. The Morgan fingerprint density at radius 1 is 1.00 bits per heavy atom. The number of fused-ring (bicyclic) bond motifs is 1. The van der Waals surface area contributed by atoms with Crippen molar-refractivity contribution in [3.05, 3.63) is 120 Å². The average molecular weight is 587 g/mol. The van der Waals surface area contributed by atoms with Gasteiger partial charge in [0.2, 0.25) is 0 Å². The van der Waals surface area contributed by atoms with Crippen LogP contribution in [0.3, 0.4) is 0 Å². The maximum absolute atomic E-state index is 15.3. The van der Waals surface area contributed by atoms with Gasteiger partial charge in [-0.15, -0.1) is 5.10 Å². The molecular formula is C27H18F5N5O5. The van der Waals surface area contributed by atoms with Crippen molar-refractivity contribution in [3.63, 3.8) is 0 Å². The zero-order valence-corrected chi connectivity index (χ0v) is 21.6. The number of alkyl halides is 3. The van der Waals surface area contributed by atoms with E-state index in [4.69, 9.17) is 4.74 Å². The van der Waals surface area contributed by atoms with Gasteiger partial charge in [-0.1, -0.05) is 12.1 Å². The number of methoxy groups -OCH3 is 1. The fourth-order valence-electron chi connectivity index (χ4n) is 4.63. The molecule has 216 valence electrons. The summed E-state index contributed by atoms with van der Waals surface area (Å²) in [6.07, 6.45) is -5.00. The number of nitro groups is 1. The van der Waals surface area contributed by atoms with Crippen molar-refractivity contribution in [2.45, 2.75) is 19.6 Å². The Labute approximate surface area is 231 Å². The number of hydrogen-bond donors (Lipinski definition) is 0. The number of aromatic nitrogens is 4. The molecule has 0 amide bonds. The molecule has 2 heterocycles. The van der Waals surface area contributed by atoms with Crippen molar-refractivity contribution in [2.75, 3.05) is 7.11 Å². The minimum absolute atomic E-state index is 0.0687. The number of halogens is 5. The SMILES string of the molecule is COc1cccc(-n2c(=O)c3c(C)n(-c4ccc([N+](=O)[O-])cc4)nc3n(Cc3c(F)cccc3C(F)(F)F)c2=O)c1F. The summed E-state index contributed by atoms with van der Waals surface area (Å²) in [5, 5.41) is 15.0. The normalized spacial score (nSPS) is 11.7. The predicted octanol–water partition coefficient (Wildman–Crippen LogP) is 4.91. The molecule has 0 unspecified atom stereocenters. The molecule has 2 aromatic heterocycles. The van der Waals surface area contributed by atoms with Crippen molar-refractivity contribution < 1.29 is 31.6 Å². The number of rotatable bonds is 6. The van der Waals surface area contributed by atoms with Crippen LogP contribution in [0.15, 0.2) is 70.3 Å². The monoisotopic (exact) mass is 587 g/mol. The van der Waals surface area contributed by atoms with Gasteiger partial charge in [-0.3, -0.25) is 19.5 Å². The molecule has 0 fully saturated rings. The molecule has 5 aromatic rings. The van der Waals surface area contributed by atoms with Gasteiger partial charge in [-0.2, -0.15) is 13.2 Å². The molecule has 0 saturated carbocycles. The largest absolute Gasteiger partial charge is 0.494 e. The van der Waals surface area contributed by atoms with Gasteiger partial charge < -0.3 is 4.74 Å². The molecule has 0 N–H and O–H groups in total. The molecule has 0 aliphatic rings. The fraction of sp³-hybridized carbons (Fsp3) is 0.148. The number of nitrogens with zero attached hydrogens (tertiary/aromatic N) is 5. The average Bonchev–Trinajstić information content (AvgIpc) is 3.29. The Morgan fingerprint density at radius 2 is 1.67 bits per heavy atom. The van der Waals surface area contributed by atoms with E-state index in [1.54, 1.807) is 0 Å². The second-order valence-electron chi connectivity index (χ2n) is 9.04. The van der Waals surface area contributed by atoms with Crippen LogP contribution in [0.1, 0.15) is 16.8 Å². The summed E-state index contributed by atoms with van der Waals surface area (Å²) in [5.74, 6) is -2.70. The third-order valence-corrected chi connectivity index (χ3v) is 6.64. The quantitative estimate of drug-likeness (QED) is 0.159.